The first-order chi connectivity index (χ1) is 6.88. The van der Waals surface area contributed by atoms with Crippen LogP contribution in [0.2, 0.25) is 0 Å². The molecule has 0 aliphatic carbocycles. The smallest absolute Gasteiger partial charge is 0.145 e. The molecule has 0 amide bonds. The van der Waals surface area contributed by atoms with Crippen LogP contribution in [-0.2, 0) is 10.8 Å². The third-order valence-corrected chi connectivity index (χ3v) is 3.93. The number of rotatable bonds is 2. The number of aromatic nitrogens is 2. The maximum absolute atomic E-state index is 12.0. The van der Waals surface area contributed by atoms with Gasteiger partial charge in [-0.3, -0.25) is 9.19 Å². The van der Waals surface area contributed by atoms with Gasteiger partial charge in [0.15, 0.2) is 0 Å². The highest BCUT2D eigenvalue weighted by Gasteiger charge is 2.21. The third kappa shape index (κ3) is 2.16. The Kier molecular flexibility index (Phi) is 3.21. The second-order valence-electron chi connectivity index (χ2n) is 3.31. The Bertz CT molecular complexity index is 311. The molecule has 0 spiro atoms. The van der Waals surface area contributed by atoms with Crippen LogP contribution >= 0.6 is 0 Å². The molecular formula is C9H13N3OS. The molecule has 2 rings (SSSR count). The summed E-state index contributed by atoms with van der Waals surface area (Å²) < 4.78 is 12.0. The second-order valence-corrected chi connectivity index (χ2v) is 4.99. The first-order valence-corrected chi connectivity index (χ1v) is 5.96. The van der Waals surface area contributed by atoms with Crippen LogP contribution in [0.4, 0.5) is 0 Å². The summed E-state index contributed by atoms with van der Waals surface area (Å²) in [5, 5.41) is 4.04. The summed E-state index contributed by atoms with van der Waals surface area (Å²) in [6.07, 6.45) is 6.88. The van der Waals surface area contributed by atoms with Crippen molar-refractivity contribution in [1.82, 2.24) is 15.3 Å². The molecule has 5 heteroatoms. The van der Waals surface area contributed by atoms with Gasteiger partial charge in [-0.05, 0) is 19.4 Å². The fraction of sp³-hybridized carbons (Fsp3) is 0.556. The molecule has 0 saturated carbocycles. The Hall–Kier alpha value is -0.810. The third-order valence-electron chi connectivity index (χ3n) is 2.30. The zero-order chi connectivity index (χ0) is 9.80. The van der Waals surface area contributed by atoms with Crippen molar-refractivity contribution in [3.8, 4) is 0 Å². The lowest BCUT2D eigenvalue weighted by Crippen LogP contribution is -2.36. The fourth-order valence-corrected chi connectivity index (χ4v) is 2.88. The number of piperidine rings is 1. The minimum absolute atomic E-state index is 0.195. The van der Waals surface area contributed by atoms with Gasteiger partial charge in [0.05, 0.1) is 22.2 Å². The standard InChI is InChI=1S/C9H13N3OS/c13-14(8-2-1-3-10-6-8)9-7-11-4-5-12-9/h4-5,7-8,10H,1-3,6H2/t8-,14-/m1/s1. The molecule has 2 heterocycles. The summed E-state index contributed by atoms with van der Waals surface area (Å²) in [5.74, 6) is 0. The summed E-state index contributed by atoms with van der Waals surface area (Å²) in [6.45, 7) is 1.86. The molecule has 4 nitrogen and oxygen atoms in total. The van der Waals surface area contributed by atoms with E-state index in [0.29, 0.717) is 5.03 Å². The van der Waals surface area contributed by atoms with Gasteiger partial charge in [-0.1, -0.05) is 0 Å². The fourth-order valence-electron chi connectivity index (χ4n) is 1.56. The lowest BCUT2D eigenvalue weighted by Gasteiger charge is -2.21. The molecule has 1 aromatic rings. The minimum Gasteiger partial charge on any atom is -0.316 e. The Labute approximate surface area is 85.6 Å². The van der Waals surface area contributed by atoms with Crippen molar-refractivity contribution in [1.29, 1.82) is 0 Å². The van der Waals surface area contributed by atoms with Crippen molar-refractivity contribution in [2.75, 3.05) is 13.1 Å². The Morgan fingerprint density at radius 1 is 1.50 bits per heavy atom. The van der Waals surface area contributed by atoms with Crippen LogP contribution in [0.25, 0.3) is 0 Å². The van der Waals surface area contributed by atoms with Gasteiger partial charge in [0, 0.05) is 18.9 Å². The SMILES string of the molecule is O=[S@@](c1cnccn1)[C@@H]1CCCNC1. The predicted octanol–water partition coefficient (Wildman–Crippen LogP) is 0.336. The molecule has 1 aliphatic rings. The Morgan fingerprint density at radius 3 is 3.07 bits per heavy atom. The van der Waals surface area contributed by atoms with Gasteiger partial charge in [0.1, 0.15) is 5.03 Å². The zero-order valence-electron chi connectivity index (χ0n) is 7.85. The summed E-state index contributed by atoms with van der Waals surface area (Å²) in [7, 11) is -1.01. The number of hydrogen-bond donors (Lipinski definition) is 1. The van der Waals surface area contributed by atoms with Crippen LogP contribution in [0.5, 0.6) is 0 Å². The summed E-state index contributed by atoms with van der Waals surface area (Å²) in [5.41, 5.74) is 0. The first-order valence-electron chi connectivity index (χ1n) is 4.75. The van der Waals surface area contributed by atoms with E-state index in [1.165, 1.54) is 0 Å². The van der Waals surface area contributed by atoms with E-state index >= 15 is 0 Å². The van der Waals surface area contributed by atoms with Gasteiger partial charge in [-0.25, -0.2) is 4.98 Å². The molecule has 1 fully saturated rings. The summed E-state index contributed by atoms with van der Waals surface area (Å²) in [6, 6.07) is 0. The summed E-state index contributed by atoms with van der Waals surface area (Å²) in [4.78, 5) is 7.99. The largest absolute Gasteiger partial charge is 0.316 e. The monoisotopic (exact) mass is 211 g/mol. The molecule has 1 saturated heterocycles. The van der Waals surface area contributed by atoms with Gasteiger partial charge < -0.3 is 5.32 Å². The van der Waals surface area contributed by atoms with Crippen LogP contribution in [0.15, 0.2) is 23.6 Å². The Morgan fingerprint density at radius 2 is 2.43 bits per heavy atom. The van der Waals surface area contributed by atoms with Crippen molar-refractivity contribution in [3.05, 3.63) is 18.6 Å². The lowest BCUT2D eigenvalue weighted by molar-refractivity contribution is 0.519. The lowest BCUT2D eigenvalue weighted by atomic mass is 10.2. The highest BCUT2D eigenvalue weighted by atomic mass is 32.2. The number of nitrogens with one attached hydrogen (secondary N) is 1. The van der Waals surface area contributed by atoms with Crippen molar-refractivity contribution in [2.45, 2.75) is 23.1 Å². The molecule has 1 N–H and O–H groups in total. The van der Waals surface area contributed by atoms with Crippen molar-refractivity contribution < 1.29 is 4.21 Å². The predicted molar refractivity (Wildman–Crippen MR) is 54.3 cm³/mol. The van der Waals surface area contributed by atoms with E-state index < -0.39 is 10.8 Å². The molecule has 14 heavy (non-hydrogen) atoms. The highest BCUT2D eigenvalue weighted by Crippen LogP contribution is 2.13. The average Bonchev–Trinajstić information content (AvgIpc) is 2.30. The summed E-state index contributed by atoms with van der Waals surface area (Å²) >= 11 is 0. The van der Waals surface area contributed by atoms with E-state index in [4.69, 9.17) is 0 Å². The van der Waals surface area contributed by atoms with Gasteiger partial charge in [-0.2, -0.15) is 0 Å². The maximum Gasteiger partial charge on any atom is 0.145 e. The van der Waals surface area contributed by atoms with Crippen LogP contribution in [0.3, 0.4) is 0 Å². The van der Waals surface area contributed by atoms with Crippen molar-refractivity contribution in [2.24, 2.45) is 0 Å². The normalized spacial score (nSPS) is 24.4. The second kappa shape index (κ2) is 4.61. The molecule has 0 unspecified atom stereocenters. The van der Waals surface area contributed by atoms with Crippen molar-refractivity contribution >= 4 is 10.8 Å². The molecule has 0 aromatic carbocycles. The number of hydrogen-bond acceptors (Lipinski definition) is 4. The average molecular weight is 211 g/mol. The first kappa shape index (κ1) is 9.73. The van der Waals surface area contributed by atoms with Crippen molar-refractivity contribution in [3.63, 3.8) is 0 Å². The molecule has 0 bridgehead atoms. The Balaban J connectivity index is 2.07. The van der Waals surface area contributed by atoms with E-state index in [0.717, 1.165) is 25.9 Å². The van der Waals surface area contributed by atoms with Gasteiger partial charge in [-0.15, -0.1) is 0 Å². The van der Waals surface area contributed by atoms with Gasteiger partial charge >= 0.3 is 0 Å². The van der Waals surface area contributed by atoms with E-state index in [-0.39, 0.29) is 5.25 Å². The molecular weight excluding hydrogens is 198 g/mol. The molecule has 0 radical (unpaired) electrons. The topological polar surface area (TPSA) is 54.9 Å². The molecule has 76 valence electrons. The zero-order valence-corrected chi connectivity index (χ0v) is 8.67. The van der Waals surface area contributed by atoms with Gasteiger partial charge in [0.2, 0.25) is 0 Å². The van der Waals surface area contributed by atoms with Crippen LogP contribution in [0, 0.1) is 0 Å². The van der Waals surface area contributed by atoms with Crippen LogP contribution in [0.1, 0.15) is 12.8 Å². The van der Waals surface area contributed by atoms with E-state index in [1.807, 2.05) is 0 Å². The van der Waals surface area contributed by atoms with E-state index in [2.05, 4.69) is 15.3 Å². The molecule has 1 aromatic heterocycles. The van der Waals surface area contributed by atoms with Crippen LogP contribution < -0.4 is 5.32 Å². The van der Waals surface area contributed by atoms with Crippen LogP contribution in [-0.4, -0.2) is 32.5 Å². The quantitative estimate of drug-likeness (QED) is 0.766. The number of nitrogens with zero attached hydrogens (tertiary/aromatic N) is 2. The van der Waals surface area contributed by atoms with Gasteiger partial charge in [0.25, 0.3) is 0 Å². The minimum atomic E-state index is -1.01. The highest BCUT2D eigenvalue weighted by molar-refractivity contribution is 7.85. The maximum atomic E-state index is 12.0. The van der Waals surface area contributed by atoms with E-state index in [1.54, 1.807) is 18.6 Å². The molecule has 1 aliphatic heterocycles. The molecule has 2 atom stereocenters. The van der Waals surface area contributed by atoms with E-state index in [9.17, 15) is 4.21 Å².